The first-order valence-electron chi connectivity index (χ1n) is 6.74. The van der Waals surface area contributed by atoms with E-state index in [0.717, 1.165) is 40.7 Å². The number of hydrogen-bond donors (Lipinski definition) is 1. The quantitative estimate of drug-likeness (QED) is 0.780. The third-order valence-corrected chi connectivity index (χ3v) is 3.63. The lowest BCUT2D eigenvalue weighted by molar-refractivity contribution is 0.221. The Labute approximate surface area is 124 Å². The van der Waals surface area contributed by atoms with Crippen molar-refractivity contribution in [1.82, 2.24) is 4.90 Å². The van der Waals surface area contributed by atoms with Crippen molar-refractivity contribution in [3.8, 4) is 0 Å². The van der Waals surface area contributed by atoms with Crippen molar-refractivity contribution in [3.63, 3.8) is 0 Å². The van der Waals surface area contributed by atoms with E-state index in [1.54, 1.807) is 4.90 Å². The van der Waals surface area contributed by atoms with E-state index in [1.807, 2.05) is 33.0 Å². The van der Waals surface area contributed by atoms with Gasteiger partial charge in [0, 0.05) is 23.8 Å². The van der Waals surface area contributed by atoms with E-state index in [1.165, 1.54) is 6.42 Å². The lowest BCUT2D eigenvalue weighted by atomic mass is 10.1. The van der Waals surface area contributed by atoms with Crippen molar-refractivity contribution in [2.24, 2.45) is 0 Å². The maximum absolute atomic E-state index is 12.1. The summed E-state index contributed by atoms with van der Waals surface area (Å²) < 4.78 is 1.04. The number of halogens is 1. The monoisotopic (exact) mass is 326 g/mol. The lowest BCUT2D eigenvalue weighted by Crippen LogP contribution is -2.32. The zero-order chi connectivity index (χ0) is 14.4. The zero-order valence-electron chi connectivity index (χ0n) is 12.2. The van der Waals surface area contributed by atoms with Gasteiger partial charge in [0.15, 0.2) is 0 Å². The van der Waals surface area contributed by atoms with Gasteiger partial charge in [-0.2, -0.15) is 0 Å². The smallest absolute Gasteiger partial charge is 0.321 e. The van der Waals surface area contributed by atoms with Crippen LogP contribution in [0.2, 0.25) is 0 Å². The minimum Gasteiger partial charge on any atom is -0.328 e. The van der Waals surface area contributed by atoms with Gasteiger partial charge in [-0.1, -0.05) is 35.7 Å². The Morgan fingerprint density at radius 2 is 1.84 bits per heavy atom. The van der Waals surface area contributed by atoms with Crippen molar-refractivity contribution in [2.75, 3.05) is 18.9 Å². The van der Waals surface area contributed by atoms with Crippen LogP contribution in [0.3, 0.4) is 0 Å². The number of hydrogen-bond acceptors (Lipinski definition) is 1. The lowest BCUT2D eigenvalue weighted by Gasteiger charge is -2.20. The summed E-state index contributed by atoms with van der Waals surface area (Å²) in [5.41, 5.74) is 3.06. The summed E-state index contributed by atoms with van der Waals surface area (Å²) in [7, 11) is 1.84. The molecule has 4 heteroatoms. The fourth-order valence-corrected chi connectivity index (χ4v) is 2.70. The normalized spacial score (nSPS) is 10.4. The van der Waals surface area contributed by atoms with E-state index in [-0.39, 0.29) is 6.03 Å². The number of urea groups is 1. The van der Waals surface area contributed by atoms with Crippen LogP contribution in [0, 0.1) is 13.8 Å². The summed E-state index contributed by atoms with van der Waals surface area (Å²) in [5.74, 6) is 0. The molecule has 1 aromatic rings. The molecular formula is C15H23BrN2O. The molecule has 0 aliphatic rings. The van der Waals surface area contributed by atoms with Crippen LogP contribution in [0.25, 0.3) is 0 Å². The van der Waals surface area contributed by atoms with Crippen LogP contribution >= 0.6 is 15.9 Å². The van der Waals surface area contributed by atoms with Gasteiger partial charge in [-0.3, -0.25) is 0 Å². The molecule has 0 atom stereocenters. The van der Waals surface area contributed by atoms with Gasteiger partial charge in [0.05, 0.1) is 0 Å². The Bertz CT molecular complexity index is 423. The molecule has 0 saturated heterocycles. The van der Waals surface area contributed by atoms with Crippen LogP contribution in [0.1, 0.15) is 37.3 Å². The number of amides is 2. The maximum atomic E-state index is 12.1. The zero-order valence-corrected chi connectivity index (χ0v) is 13.8. The van der Waals surface area contributed by atoms with Gasteiger partial charge in [0.2, 0.25) is 0 Å². The molecule has 19 heavy (non-hydrogen) atoms. The van der Waals surface area contributed by atoms with Gasteiger partial charge in [-0.25, -0.2) is 4.79 Å². The summed E-state index contributed by atoms with van der Waals surface area (Å²) in [4.78, 5) is 13.8. The average Bonchev–Trinajstić information content (AvgIpc) is 2.33. The van der Waals surface area contributed by atoms with Crippen molar-refractivity contribution < 1.29 is 4.79 Å². The summed E-state index contributed by atoms with van der Waals surface area (Å²) in [6, 6.07) is 3.99. The van der Waals surface area contributed by atoms with Gasteiger partial charge in [-0.05, 0) is 43.5 Å². The molecule has 2 amide bonds. The molecule has 0 bridgehead atoms. The van der Waals surface area contributed by atoms with Crippen LogP contribution < -0.4 is 5.32 Å². The third-order valence-electron chi connectivity index (χ3n) is 3.17. The first-order valence-corrected chi connectivity index (χ1v) is 7.53. The fraction of sp³-hybridized carbons (Fsp3) is 0.533. The minimum absolute atomic E-state index is 0.0374. The molecule has 0 aliphatic carbocycles. The van der Waals surface area contributed by atoms with E-state index in [9.17, 15) is 4.79 Å². The Kier molecular flexibility index (Phi) is 6.35. The highest BCUT2D eigenvalue weighted by molar-refractivity contribution is 9.10. The number of rotatable bonds is 5. The molecule has 0 unspecified atom stereocenters. The van der Waals surface area contributed by atoms with Crippen LogP contribution in [0.15, 0.2) is 16.6 Å². The highest BCUT2D eigenvalue weighted by Crippen LogP contribution is 2.25. The maximum Gasteiger partial charge on any atom is 0.321 e. The predicted octanol–water partition coefficient (Wildman–Crippen LogP) is 4.72. The largest absolute Gasteiger partial charge is 0.328 e. The number of carbonyl (C=O) groups excluding carboxylic acids is 1. The molecule has 1 rings (SSSR count). The minimum atomic E-state index is -0.0374. The molecule has 1 aromatic carbocycles. The van der Waals surface area contributed by atoms with E-state index < -0.39 is 0 Å². The van der Waals surface area contributed by atoms with Crippen molar-refractivity contribution >= 4 is 27.6 Å². The van der Waals surface area contributed by atoms with Gasteiger partial charge in [0.25, 0.3) is 0 Å². The first-order chi connectivity index (χ1) is 8.95. The number of carbonyl (C=O) groups is 1. The molecule has 0 spiro atoms. The second-order valence-corrected chi connectivity index (χ2v) is 5.89. The molecule has 1 N–H and O–H groups in total. The highest BCUT2D eigenvalue weighted by atomic mass is 79.9. The van der Waals surface area contributed by atoms with Gasteiger partial charge < -0.3 is 10.2 Å². The Morgan fingerprint density at radius 1 is 1.26 bits per heavy atom. The number of unbranched alkanes of at least 4 members (excludes halogenated alkanes) is 2. The van der Waals surface area contributed by atoms with Crippen molar-refractivity contribution in [2.45, 2.75) is 40.0 Å². The van der Waals surface area contributed by atoms with E-state index in [0.29, 0.717) is 0 Å². The summed E-state index contributed by atoms with van der Waals surface area (Å²) in [6.45, 7) is 6.97. The molecule has 0 fully saturated rings. The predicted molar refractivity (Wildman–Crippen MR) is 84.8 cm³/mol. The second kappa shape index (κ2) is 7.53. The standard InChI is InChI=1S/C15H23BrN2O/c1-5-6-7-8-18(4)15(19)17-14-11(2)9-13(16)10-12(14)3/h9-10H,5-8H2,1-4H3,(H,17,19). The number of anilines is 1. The SMILES string of the molecule is CCCCCN(C)C(=O)Nc1c(C)cc(Br)cc1C. The summed E-state index contributed by atoms with van der Waals surface area (Å²) in [6.07, 6.45) is 3.38. The molecule has 0 heterocycles. The van der Waals surface area contributed by atoms with Gasteiger partial charge in [-0.15, -0.1) is 0 Å². The van der Waals surface area contributed by atoms with E-state index in [2.05, 4.69) is 28.2 Å². The van der Waals surface area contributed by atoms with Crippen molar-refractivity contribution in [3.05, 3.63) is 27.7 Å². The molecule has 0 radical (unpaired) electrons. The topological polar surface area (TPSA) is 32.3 Å². The Balaban J connectivity index is 2.66. The third kappa shape index (κ3) is 4.86. The molecular weight excluding hydrogens is 304 g/mol. The molecule has 106 valence electrons. The number of aryl methyl sites for hydroxylation is 2. The van der Waals surface area contributed by atoms with Crippen LogP contribution in [-0.2, 0) is 0 Å². The van der Waals surface area contributed by atoms with E-state index >= 15 is 0 Å². The fourth-order valence-electron chi connectivity index (χ4n) is 2.01. The molecule has 0 aliphatic heterocycles. The van der Waals surface area contributed by atoms with Gasteiger partial charge in [0.1, 0.15) is 0 Å². The average molecular weight is 327 g/mol. The Hall–Kier alpha value is -1.03. The summed E-state index contributed by atoms with van der Waals surface area (Å²) >= 11 is 3.46. The summed E-state index contributed by atoms with van der Waals surface area (Å²) in [5, 5.41) is 3.00. The molecule has 0 aromatic heterocycles. The first kappa shape index (κ1) is 16.0. The second-order valence-electron chi connectivity index (χ2n) is 4.97. The Morgan fingerprint density at radius 3 is 2.37 bits per heavy atom. The van der Waals surface area contributed by atoms with Gasteiger partial charge >= 0.3 is 6.03 Å². The van der Waals surface area contributed by atoms with Crippen molar-refractivity contribution in [1.29, 1.82) is 0 Å². The van der Waals surface area contributed by atoms with Crippen LogP contribution in [0.5, 0.6) is 0 Å². The van der Waals surface area contributed by atoms with Crippen LogP contribution in [0.4, 0.5) is 10.5 Å². The number of nitrogens with zero attached hydrogens (tertiary/aromatic N) is 1. The molecule has 0 saturated carbocycles. The van der Waals surface area contributed by atoms with Crippen LogP contribution in [-0.4, -0.2) is 24.5 Å². The molecule has 3 nitrogen and oxygen atoms in total. The number of benzene rings is 1. The number of nitrogens with one attached hydrogen (secondary N) is 1. The highest BCUT2D eigenvalue weighted by Gasteiger charge is 2.11. The van der Waals surface area contributed by atoms with E-state index in [4.69, 9.17) is 0 Å².